The molecule has 0 atom stereocenters. The minimum atomic E-state index is 1.17. The predicted molar refractivity (Wildman–Crippen MR) is 59.7 cm³/mol. The Morgan fingerprint density at radius 3 is 1.17 bits per heavy atom. The second-order valence-electron chi connectivity index (χ2n) is 3.75. The zero-order valence-corrected chi connectivity index (χ0v) is 11.0. The van der Waals surface area contributed by atoms with Crippen LogP contribution in [-0.2, 0) is 0 Å². The van der Waals surface area contributed by atoms with Crippen LogP contribution in [0.4, 0.5) is 0 Å². The third-order valence-electron chi connectivity index (χ3n) is 3.38. The summed E-state index contributed by atoms with van der Waals surface area (Å²) in [6.07, 6.45) is 0. The van der Waals surface area contributed by atoms with Gasteiger partial charge in [-0.05, 0) is 62.4 Å². The number of benzene rings is 1. The van der Waals surface area contributed by atoms with E-state index in [9.17, 15) is 0 Å². The number of hydrogen-bond donors (Lipinski definition) is 0. The van der Waals surface area contributed by atoms with Crippen molar-refractivity contribution in [3.63, 3.8) is 0 Å². The fraction of sp³-hybridized carbons (Fsp3) is 0.455. The van der Waals surface area contributed by atoms with Gasteiger partial charge >= 0.3 is 0 Å². The van der Waals surface area contributed by atoms with E-state index >= 15 is 0 Å². The Hall–Kier alpha value is -0.563. The fourth-order valence-electron chi connectivity index (χ4n) is 1.69. The standard InChI is InChI=1S/C11H18Si/c1-6-7(2)9(4)11(12)10(5)8(6)3/h1-5,12H3. The van der Waals surface area contributed by atoms with Crippen molar-refractivity contribution in [3.05, 3.63) is 27.8 Å². The molecule has 0 amide bonds. The quantitative estimate of drug-likeness (QED) is 0.524. The van der Waals surface area contributed by atoms with E-state index in [1.54, 1.807) is 5.19 Å². The minimum absolute atomic E-state index is 1.17. The molecule has 1 rings (SSSR count). The van der Waals surface area contributed by atoms with Crippen molar-refractivity contribution in [3.8, 4) is 0 Å². The SMILES string of the molecule is Cc1c(C)c(C)c([SiH3])c(C)c1C. The van der Waals surface area contributed by atoms with Crippen LogP contribution >= 0.6 is 0 Å². The highest BCUT2D eigenvalue weighted by Crippen LogP contribution is 2.17. The summed E-state index contributed by atoms with van der Waals surface area (Å²) < 4.78 is 0. The summed E-state index contributed by atoms with van der Waals surface area (Å²) in [7, 11) is 1.17. The molecule has 0 bridgehead atoms. The molecule has 1 heteroatoms. The van der Waals surface area contributed by atoms with Gasteiger partial charge in [0.2, 0.25) is 0 Å². The van der Waals surface area contributed by atoms with Crippen LogP contribution in [0.3, 0.4) is 0 Å². The monoisotopic (exact) mass is 178 g/mol. The van der Waals surface area contributed by atoms with Gasteiger partial charge in [0.25, 0.3) is 0 Å². The molecule has 0 heterocycles. The van der Waals surface area contributed by atoms with Crippen molar-refractivity contribution in [2.45, 2.75) is 34.6 Å². The predicted octanol–water partition coefficient (Wildman–Crippen LogP) is 1.22. The maximum atomic E-state index is 2.25. The van der Waals surface area contributed by atoms with E-state index in [1.165, 1.54) is 38.1 Å². The highest BCUT2D eigenvalue weighted by Gasteiger charge is 2.07. The molecule has 0 aliphatic heterocycles. The third kappa shape index (κ3) is 1.22. The topological polar surface area (TPSA) is 0 Å². The lowest BCUT2D eigenvalue weighted by atomic mass is 9.95. The minimum Gasteiger partial charge on any atom is -0.0645 e. The van der Waals surface area contributed by atoms with Gasteiger partial charge in [0.15, 0.2) is 0 Å². The molecule has 0 aromatic heterocycles. The molecule has 0 N–H and O–H groups in total. The first-order chi connectivity index (χ1) is 5.46. The van der Waals surface area contributed by atoms with Gasteiger partial charge in [-0.2, -0.15) is 0 Å². The van der Waals surface area contributed by atoms with E-state index in [4.69, 9.17) is 0 Å². The highest BCUT2D eigenvalue weighted by atomic mass is 28.1. The van der Waals surface area contributed by atoms with Crippen LogP contribution in [0.2, 0.25) is 0 Å². The largest absolute Gasteiger partial charge is 0.0645 e. The van der Waals surface area contributed by atoms with Gasteiger partial charge in [-0.15, -0.1) is 0 Å². The smallest absolute Gasteiger partial charge is 0.0392 e. The highest BCUT2D eigenvalue weighted by molar-refractivity contribution is 6.34. The van der Waals surface area contributed by atoms with Crippen LogP contribution in [0.25, 0.3) is 0 Å². The summed E-state index contributed by atoms with van der Waals surface area (Å²) in [5.74, 6) is 0. The second-order valence-corrected chi connectivity index (χ2v) is 4.75. The number of rotatable bonds is 0. The molecule has 0 aliphatic carbocycles. The first-order valence-corrected chi connectivity index (χ1v) is 5.50. The Morgan fingerprint density at radius 2 is 0.833 bits per heavy atom. The summed E-state index contributed by atoms with van der Waals surface area (Å²) in [5, 5.41) is 1.59. The van der Waals surface area contributed by atoms with Crippen molar-refractivity contribution < 1.29 is 0 Å². The maximum Gasteiger partial charge on any atom is 0.0392 e. The van der Waals surface area contributed by atoms with Crippen molar-refractivity contribution in [1.82, 2.24) is 0 Å². The molecular weight excluding hydrogens is 160 g/mol. The molecule has 1 aromatic carbocycles. The molecule has 0 unspecified atom stereocenters. The van der Waals surface area contributed by atoms with E-state index < -0.39 is 0 Å². The van der Waals surface area contributed by atoms with Gasteiger partial charge in [0, 0.05) is 10.2 Å². The first kappa shape index (κ1) is 9.52. The molecule has 0 fully saturated rings. The van der Waals surface area contributed by atoms with Crippen molar-refractivity contribution in [2.24, 2.45) is 0 Å². The Balaban J connectivity index is 3.60. The molecular formula is C11H18Si. The van der Waals surface area contributed by atoms with Crippen LogP contribution in [0.5, 0.6) is 0 Å². The zero-order valence-electron chi connectivity index (χ0n) is 9.00. The third-order valence-corrected chi connectivity index (χ3v) is 4.88. The van der Waals surface area contributed by atoms with Gasteiger partial charge in [-0.25, -0.2) is 0 Å². The Labute approximate surface area is 78.4 Å². The van der Waals surface area contributed by atoms with Crippen LogP contribution < -0.4 is 5.19 Å². The molecule has 0 spiro atoms. The van der Waals surface area contributed by atoms with Gasteiger partial charge in [0.05, 0.1) is 0 Å². The lowest BCUT2D eigenvalue weighted by molar-refractivity contribution is 1.20. The van der Waals surface area contributed by atoms with Gasteiger partial charge < -0.3 is 0 Å². The van der Waals surface area contributed by atoms with E-state index in [2.05, 4.69) is 34.6 Å². The van der Waals surface area contributed by atoms with Crippen molar-refractivity contribution in [2.75, 3.05) is 0 Å². The summed E-state index contributed by atoms with van der Waals surface area (Å²) >= 11 is 0. The van der Waals surface area contributed by atoms with Gasteiger partial charge in [-0.3, -0.25) is 0 Å². The molecule has 0 radical (unpaired) electrons. The summed E-state index contributed by atoms with van der Waals surface area (Å²) in [6.45, 7) is 11.2. The van der Waals surface area contributed by atoms with Crippen LogP contribution in [-0.4, -0.2) is 10.2 Å². The van der Waals surface area contributed by atoms with Gasteiger partial charge in [0.1, 0.15) is 0 Å². The van der Waals surface area contributed by atoms with E-state index in [-0.39, 0.29) is 0 Å². The zero-order chi connectivity index (χ0) is 9.46. The van der Waals surface area contributed by atoms with E-state index in [0.717, 1.165) is 0 Å². The van der Waals surface area contributed by atoms with E-state index in [1.807, 2.05) is 0 Å². The molecule has 0 aliphatic rings. The normalized spacial score (nSPS) is 10.8. The second kappa shape index (κ2) is 3.06. The maximum absolute atomic E-state index is 2.25. The first-order valence-electron chi connectivity index (χ1n) is 4.50. The Morgan fingerprint density at radius 1 is 0.583 bits per heavy atom. The lowest BCUT2D eigenvalue weighted by Gasteiger charge is -2.15. The van der Waals surface area contributed by atoms with Crippen molar-refractivity contribution in [1.29, 1.82) is 0 Å². The Kier molecular flexibility index (Phi) is 2.43. The fourth-order valence-corrected chi connectivity index (χ4v) is 2.44. The molecule has 12 heavy (non-hydrogen) atoms. The molecule has 1 aromatic rings. The van der Waals surface area contributed by atoms with Crippen LogP contribution in [0.1, 0.15) is 27.8 Å². The molecule has 66 valence electrons. The lowest BCUT2D eigenvalue weighted by Crippen LogP contribution is -2.16. The van der Waals surface area contributed by atoms with Crippen LogP contribution in [0, 0.1) is 34.6 Å². The van der Waals surface area contributed by atoms with Crippen molar-refractivity contribution >= 4 is 15.4 Å². The summed E-state index contributed by atoms with van der Waals surface area (Å²) in [4.78, 5) is 0. The summed E-state index contributed by atoms with van der Waals surface area (Å²) in [6, 6.07) is 0. The number of hydrogen-bond acceptors (Lipinski definition) is 0. The molecule has 0 saturated heterocycles. The van der Waals surface area contributed by atoms with Crippen LogP contribution in [0.15, 0.2) is 0 Å². The Bertz CT molecular complexity index is 219. The molecule has 0 saturated carbocycles. The van der Waals surface area contributed by atoms with E-state index in [0.29, 0.717) is 0 Å². The average molecular weight is 178 g/mol. The summed E-state index contributed by atoms with van der Waals surface area (Å²) in [5.41, 5.74) is 7.49. The average Bonchev–Trinajstić information content (AvgIpc) is 2.08. The molecule has 0 nitrogen and oxygen atoms in total. The van der Waals surface area contributed by atoms with Gasteiger partial charge in [-0.1, -0.05) is 5.19 Å².